The summed E-state index contributed by atoms with van der Waals surface area (Å²) >= 11 is 0. The van der Waals surface area contributed by atoms with Crippen LogP contribution in [0.1, 0.15) is 26.7 Å². The Morgan fingerprint density at radius 2 is 1.80 bits per heavy atom. The lowest BCUT2D eigenvalue weighted by atomic mass is 9.83. The van der Waals surface area contributed by atoms with E-state index >= 15 is 0 Å². The third kappa shape index (κ3) is 2.21. The third-order valence-electron chi connectivity index (χ3n) is 2.47. The van der Waals surface area contributed by atoms with E-state index in [-0.39, 0.29) is 0 Å². The van der Waals surface area contributed by atoms with Gasteiger partial charge in [0.05, 0.1) is 0 Å². The van der Waals surface area contributed by atoms with Crippen LogP contribution in [0.3, 0.4) is 0 Å². The van der Waals surface area contributed by atoms with Crippen molar-refractivity contribution in [3.63, 3.8) is 0 Å². The van der Waals surface area contributed by atoms with Gasteiger partial charge < -0.3 is 0 Å². The first kappa shape index (κ1) is 8.49. The van der Waals surface area contributed by atoms with Crippen LogP contribution in [-0.4, -0.2) is 24.3 Å². The number of hydrogen-bond donors (Lipinski definition) is 0. The first-order valence-electron chi connectivity index (χ1n) is 4.06. The van der Waals surface area contributed by atoms with Crippen molar-refractivity contribution in [2.45, 2.75) is 26.7 Å². The molecule has 1 saturated heterocycles. The minimum absolute atomic E-state index is 0.607. The molecule has 1 fully saturated rings. The Morgan fingerprint density at radius 1 is 1.30 bits per heavy atom. The van der Waals surface area contributed by atoms with Crippen LogP contribution in [0.15, 0.2) is 0 Å². The van der Waals surface area contributed by atoms with Gasteiger partial charge in [-0.2, -0.15) is 0 Å². The SMILES string of the molecule is CC1(C)CCN(CP)CC1. The number of hydrogen-bond acceptors (Lipinski definition) is 1. The van der Waals surface area contributed by atoms with E-state index in [1.54, 1.807) is 0 Å². The van der Waals surface area contributed by atoms with E-state index in [1.807, 2.05) is 0 Å². The summed E-state index contributed by atoms with van der Waals surface area (Å²) in [7, 11) is 2.79. The number of rotatable bonds is 1. The van der Waals surface area contributed by atoms with Gasteiger partial charge in [0.15, 0.2) is 0 Å². The molecule has 1 nitrogen and oxygen atoms in total. The minimum atomic E-state index is 0.607. The molecule has 0 aromatic rings. The topological polar surface area (TPSA) is 3.24 Å². The number of piperidine rings is 1. The van der Waals surface area contributed by atoms with Crippen LogP contribution in [0.4, 0.5) is 0 Å². The molecule has 0 aromatic heterocycles. The van der Waals surface area contributed by atoms with Gasteiger partial charge in [0.1, 0.15) is 0 Å². The molecule has 0 aromatic carbocycles. The fourth-order valence-electron chi connectivity index (χ4n) is 1.34. The number of nitrogens with zero attached hydrogens (tertiary/aromatic N) is 1. The Hall–Kier alpha value is 0.390. The van der Waals surface area contributed by atoms with Crippen LogP contribution in [0.2, 0.25) is 0 Å². The van der Waals surface area contributed by atoms with Gasteiger partial charge in [0.2, 0.25) is 0 Å². The zero-order valence-corrected chi connectivity index (χ0v) is 8.21. The van der Waals surface area contributed by atoms with Crippen molar-refractivity contribution in [1.82, 2.24) is 4.90 Å². The normalized spacial score (nSPS) is 26.7. The monoisotopic (exact) mass is 159 g/mol. The zero-order valence-electron chi connectivity index (χ0n) is 7.06. The predicted molar refractivity (Wildman–Crippen MR) is 49.2 cm³/mol. The largest absolute Gasteiger partial charge is 0.300 e. The lowest BCUT2D eigenvalue weighted by molar-refractivity contribution is 0.151. The van der Waals surface area contributed by atoms with Gasteiger partial charge in [-0.1, -0.05) is 13.8 Å². The first-order valence-corrected chi connectivity index (χ1v) is 4.88. The molecule has 1 heterocycles. The Morgan fingerprint density at radius 3 is 2.20 bits per heavy atom. The molecule has 1 unspecified atom stereocenters. The highest BCUT2D eigenvalue weighted by molar-refractivity contribution is 7.16. The Labute approximate surface area is 66.4 Å². The van der Waals surface area contributed by atoms with Crippen molar-refractivity contribution in [3.8, 4) is 0 Å². The molecule has 60 valence electrons. The Bertz CT molecular complexity index is 102. The summed E-state index contributed by atoms with van der Waals surface area (Å²) in [5, 5.41) is 0. The lowest BCUT2D eigenvalue weighted by Gasteiger charge is -2.36. The molecule has 1 aliphatic rings. The predicted octanol–water partition coefficient (Wildman–Crippen LogP) is 1.94. The van der Waals surface area contributed by atoms with E-state index in [4.69, 9.17) is 0 Å². The van der Waals surface area contributed by atoms with Gasteiger partial charge in [-0.05, 0) is 31.3 Å². The van der Waals surface area contributed by atoms with Crippen LogP contribution in [0.5, 0.6) is 0 Å². The quantitative estimate of drug-likeness (QED) is 0.528. The fraction of sp³-hybridized carbons (Fsp3) is 1.00. The third-order valence-corrected chi connectivity index (χ3v) is 2.98. The molecule has 0 N–H and O–H groups in total. The molecule has 0 bridgehead atoms. The molecule has 10 heavy (non-hydrogen) atoms. The van der Waals surface area contributed by atoms with E-state index in [1.165, 1.54) is 25.9 Å². The number of likely N-dealkylation sites (tertiary alicyclic amines) is 1. The average molecular weight is 159 g/mol. The van der Waals surface area contributed by atoms with E-state index < -0.39 is 0 Å². The molecule has 0 spiro atoms. The zero-order chi connectivity index (χ0) is 7.61. The molecule has 1 atom stereocenters. The standard InChI is InChI=1S/C8H18NP/c1-8(2)3-5-9(7-10)6-4-8/h3-7,10H2,1-2H3. The summed E-state index contributed by atoms with van der Waals surface area (Å²) in [6, 6.07) is 0. The van der Waals surface area contributed by atoms with Crippen molar-refractivity contribution >= 4 is 9.24 Å². The molecular weight excluding hydrogens is 141 g/mol. The summed E-state index contributed by atoms with van der Waals surface area (Å²) in [5.74, 6) is 0. The lowest BCUT2D eigenvalue weighted by Crippen LogP contribution is -2.36. The van der Waals surface area contributed by atoms with Crippen LogP contribution in [0.25, 0.3) is 0 Å². The second kappa shape index (κ2) is 3.19. The highest BCUT2D eigenvalue weighted by Gasteiger charge is 2.23. The molecule has 2 heteroatoms. The summed E-state index contributed by atoms with van der Waals surface area (Å²) in [6.45, 7) is 7.31. The Kier molecular flexibility index (Phi) is 2.71. The fourth-order valence-corrected chi connectivity index (χ4v) is 1.71. The van der Waals surface area contributed by atoms with Crippen LogP contribution >= 0.6 is 9.24 Å². The van der Waals surface area contributed by atoms with Crippen LogP contribution in [0, 0.1) is 5.41 Å². The highest BCUT2D eigenvalue weighted by Crippen LogP contribution is 2.29. The maximum atomic E-state index is 2.79. The maximum absolute atomic E-state index is 2.79. The second-order valence-corrected chi connectivity index (χ2v) is 4.33. The highest BCUT2D eigenvalue weighted by atomic mass is 31.0. The molecule has 1 rings (SSSR count). The van der Waals surface area contributed by atoms with Gasteiger partial charge in [-0.15, -0.1) is 9.24 Å². The van der Waals surface area contributed by atoms with E-state index in [0.717, 1.165) is 6.29 Å². The molecule has 0 aliphatic carbocycles. The van der Waals surface area contributed by atoms with Crippen molar-refractivity contribution in [1.29, 1.82) is 0 Å². The van der Waals surface area contributed by atoms with E-state index in [9.17, 15) is 0 Å². The van der Waals surface area contributed by atoms with Gasteiger partial charge >= 0.3 is 0 Å². The van der Waals surface area contributed by atoms with Gasteiger partial charge in [-0.3, -0.25) is 4.90 Å². The van der Waals surface area contributed by atoms with Gasteiger partial charge in [0, 0.05) is 6.29 Å². The molecular formula is C8H18NP. The summed E-state index contributed by atoms with van der Waals surface area (Å²) in [5.41, 5.74) is 0.607. The van der Waals surface area contributed by atoms with Crippen molar-refractivity contribution in [2.75, 3.05) is 19.4 Å². The van der Waals surface area contributed by atoms with Gasteiger partial charge in [0.25, 0.3) is 0 Å². The average Bonchev–Trinajstić information content (AvgIpc) is 1.88. The molecule has 0 radical (unpaired) electrons. The van der Waals surface area contributed by atoms with E-state index in [2.05, 4.69) is 28.0 Å². The Balaban J connectivity index is 2.31. The minimum Gasteiger partial charge on any atom is -0.300 e. The summed E-state index contributed by atoms with van der Waals surface area (Å²) < 4.78 is 0. The molecule has 0 saturated carbocycles. The van der Waals surface area contributed by atoms with Crippen molar-refractivity contribution in [3.05, 3.63) is 0 Å². The van der Waals surface area contributed by atoms with E-state index in [0.29, 0.717) is 5.41 Å². The summed E-state index contributed by atoms with van der Waals surface area (Å²) in [6.07, 6.45) is 3.87. The van der Waals surface area contributed by atoms with Crippen LogP contribution in [-0.2, 0) is 0 Å². The van der Waals surface area contributed by atoms with Gasteiger partial charge in [-0.25, -0.2) is 0 Å². The maximum Gasteiger partial charge on any atom is 0.0126 e. The smallest absolute Gasteiger partial charge is 0.0126 e. The first-order chi connectivity index (χ1) is 4.64. The van der Waals surface area contributed by atoms with Crippen molar-refractivity contribution < 1.29 is 0 Å². The summed E-state index contributed by atoms with van der Waals surface area (Å²) in [4.78, 5) is 2.50. The second-order valence-electron chi connectivity index (χ2n) is 3.96. The molecule has 0 amide bonds. The molecule has 1 aliphatic heterocycles. The van der Waals surface area contributed by atoms with Crippen molar-refractivity contribution in [2.24, 2.45) is 5.41 Å². The van der Waals surface area contributed by atoms with Crippen LogP contribution < -0.4 is 0 Å².